The van der Waals surface area contributed by atoms with Crippen LogP contribution in [0.4, 0.5) is 0 Å². The van der Waals surface area contributed by atoms with Crippen molar-refractivity contribution in [1.29, 1.82) is 0 Å². The molecule has 0 bridgehead atoms. The first-order chi connectivity index (χ1) is 9.30. The monoisotopic (exact) mass is 304 g/mol. The molecule has 1 aromatic heterocycles. The molecule has 0 aliphatic heterocycles. The molecule has 116 valence electrons. The molecule has 0 unspecified atom stereocenters. The Balaban J connectivity index is 2.73. The summed E-state index contributed by atoms with van der Waals surface area (Å²) in [5, 5.41) is 7.10. The molecule has 0 amide bonds. The zero-order chi connectivity index (χ0) is 15.2. The molecule has 0 aromatic carbocycles. The van der Waals surface area contributed by atoms with Crippen LogP contribution in [0, 0.1) is 0 Å². The Hall–Kier alpha value is -0.960. The van der Waals surface area contributed by atoms with Crippen LogP contribution < -0.4 is 10.0 Å². The second-order valence-electron chi connectivity index (χ2n) is 5.32. The van der Waals surface area contributed by atoms with Crippen molar-refractivity contribution < 1.29 is 13.2 Å². The van der Waals surface area contributed by atoms with Crippen molar-refractivity contribution >= 4 is 10.0 Å². The van der Waals surface area contributed by atoms with E-state index in [1.165, 1.54) is 13.3 Å². The molecule has 0 radical (unpaired) electrons. The number of hydrogen-bond acceptors (Lipinski definition) is 5. The van der Waals surface area contributed by atoms with Crippen molar-refractivity contribution in [3.8, 4) is 0 Å². The standard InChI is InChI=1S/C12H24N4O3S/c1-12(2,10-19-4)15-20(17,18)11-8-14-16(9-11)7-5-6-13-3/h8-9,13,15H,5-7,10H2,1-4H3. The average Bonchev–Trinajstić information content (AvgIpc) is 2.77. The topological polar surface area (TPSA) is 85.2 Å². The van der Waals surface area contributed by atoms with Crippen molar-refractivity contribution in [2.75, 3.05) is 27.3 Å². The number of aryl methyl sites for hydroxylation is 1. The predicted octanol–water partition coefficient (Wildman–Crippen LogP) is 0.196. The third-order valence-electron chi connectivity index (χ3n) is 2.65. The Labute approximate surface area is 120 Å². The molecule has 0 spiro atoms. The highest BCUT2D eigenvalue weighted by molar-refractivity contribution is 7.89. The first-order valence-corrected chi connectivity index (χ1v) is 7.99. The number of rotatable bonds is 9. The third kappa shape index (κ3) is 5.20. The quantitative estimate of drug-likeness (QED) is 0.636. The minimum absolute atomic E-state index is 0.172. The highest BCUT2D eigenvalue weighted by atomic mass is 32.2. The maximum atomic E-state index is 12.2. The first-order valence-electron chi connectivity index (χ1n) is 6.51. The van der Waals surface area contributed by atoms with Gasteiger partial charge in [0, 0.05) is 19.9 Å². The zero-order valence-corrected chi connectivity index (χ0v) is 13.3. The molecule has 2 N–H and O–H groups in total. The van der Waals surface area contributed by atoms with E-state index in [9.17, 15) is 8.42 Å². The highest BCUT2D eigenvalue weighted by Crippen LogP contribution is 2.12. The summed E-state index contributed by atoms with van der Waals surface area (Å²) in [5.74, 6) is 0. The molecule has 1 heterocycles. The minimum atomic E-state index is -3.58. The van der Waals surface area contributed by atoms with Crippen molar-refractivity contribution in [2.24, 2.45) is 0 Å². The molecule has 1 aromatic rings. The van der Waals surface area contributed by atoms with Crippen LogP contribution in [0.15, 0.2) is 17.3 Å². The van der Waals surface area contributed by atoms with Gasteiger partial charge in [-0.05, 0) is 33.9 Å². The molecular weight excluding hydrogens is 280 g/mol. The van der Waals surface area contributed by atoms with Gasteiger partial charge in [-0.15, -0.1) is 0 Å². The fourth-order valence-electron chi connectivity index (χ4n) is 1.84. The van der Waals surface area contributed by atoms with Gasteiger partial charge in [0.25, 0.3) is 0 Å². The summed E-state index contributed by atoms with van der Waals surface area (Å²) < 4.78 is 33.7. The second kappa shape index (κ2) is 7.16. The number of hydrogen-bond donors (Lipinski definition) is 2. The van der Waals surface area contributed by atoms with Crippen LogP contribution in [-0.4, -0.2) is 51.0 Å². The SMILES string of the molecule is CNCCCn1cc(S(=O)(=O)NC(C)(C)COC)cn1. The molecular formula is C12H24N4O3S. The molecule has 0 aliphatic rings. The van der Waals surface area contributed by atoms with E-state index in [0.717, 1.165) is 13.0 Å². The first kappa shape index (κ1) is 17.1. The molecule has 7 nitrogen and oxygen atoms in total. The van der Waals surface area contributed by atoms with E-state index >= 15 is 0 Å². The van der Waals surface area contributed by atoms with Gasteiger partial charge in [-0.2, -0.15) is 5.10 Å². The highest BCUT2D eigenvalue weighted by Gasteiger charge is 2.27. The lowest BCUT2D eigenvalue weighted by Gasteiger charge is -2.24. The Morgan fingerprint density at radius 1 is 1.45 bits per heavy atom. The van der Waals surface area contributed by atoms with Crippen molar-refractivity contribution in [1.82, 2.24) is 19.8 Å². The van der Waals surface area contributed by atoms with Gasteiger partial charge in [-0.1, -0.05) is 0 Å². The Morgan fingerprint density at radius 3 is 2.75 bits per heavy atom. The maximum absolute atomic E-state index is 12.2. The average molecular weight is 304 g/mol. The number of ether oxygens (including phenoxy) is 1. The molecule has 0 fully saturated rings. The van der Waals surface area contributed by atoms with Crippen LogP contribution in [0.3, 0.4) is 0 Å². The summed E-state index contributed by atoms with van der Waals surface area (Å²) in [6, 6.07) is 0. The number of nitrogens with zero attached hydrogens (tertiary/aromatic N) is 2. The number of sulfonamides is 1. The number of methoxy groups -OCH3 is 1. The van der Waals surface area contributed by atoms with Crippen molar-refractivity contribution in [3.63, 3.8) is 0 Å². The van der Waals surface area contributed by atoms with Crippen LogP contribution >= 0.6 is 0 Å². The Kier molecular flexibility index (Phi) is 6.12. The van der Waals surface area contributed by atoms with Crippen molar-refractivity contribution in [2.45, 2.75) is 37.2 Å². The normalized spacial score (nSPS) is 12.8. The number of aromatic nitrogens is 2. The molecule has 1 rings (SSSR count). The van der Waals surface area contributed by atoms with Crippen LogP contribution in [-0.2, 0) is 21.3 Å². The smallest absolute Gasteiger partial charge is 0.244 e. The molecule has 20 heavy (non-hydrogen) atoms. The third-order valence-corrected chi connectivity index (χ3v) is 4.30. The van der Waals surface area contributed by atoms with Gasteiger partial charge in [0.05, 0.1) is 18.3 Å². The summed E-state index contributed by atoms with van der Waals surface area (Å²) >= 11 is 0. The molecule has 8 heteroatoms. The van der Waals surface area contributed by atoms with Gasteiger partial charge in [0.2, 0.25) is 10.0 Å². The molecule has 0 atom stereocenters. The Morgan fingerprint density at radius 2 is 2.15 bits per heavy atom. The summed E-state index contributed by atoms with van der Waals surface area (Å²) in [6.45, 7) is 5.37. The van der Waals surface area contributed by atoms with Crippen LogP contribution in [0.25, 0.3) is 0 Å². The van der Waals surface area contributed by atoms with E-state index < -0.39 is 15.6 Å². The molecule has 0 saturated carbocycles. The van der Waals surface area contributed by atoms with Gasteiger partial charge in [0.1, 0.15) is 4.90 Å². The summed E-state index contributed by atoms with van der Waals surface area (Å²) in [4.78, 5) is 0.172. The van der Waals surface area contributed by atoms with Crippen LogP contribution in [0.2, 0.25) is 0 Å². The minimum Gasteiger partial charge on any atom is -0.383 e. The fraction of sp³-hybridized carbons (Fsp3) is 0.750. The Bertz CT molecular complexity index is 511. The summed E-state index contributed by atoms with van der Waals surface area (Å²) in [7, 11) is -0.166. The van der Waals surface area contributed by atoms with Crippen LogP contribution in [0.1, 0.15) is 20.3 Å². The van der Waals surface area contributed by atoms with E-state index in [0.29, 0.717) is 13.2 Å². The van der Waals surface area contributed by atoms with Gasteiger partial charge < -0.3 is 10.1 Å². The summed E-state index contributed by atoms with van der Waals surface area (Å²) in [6.07, 6.45) is 3.80. The second-order valence-corrected chi connectivity index (χ2v) is 7.00. The van der Waals surface area contributed by atoms with E-state index in [2.05, 4.69) is 15.1 Å². The maximum Gasteiger partial charge on any atom is 0.244 e. The fourth-order valence-corrected chi connectivity index (χ4v) is 3.19. The van der Waals surface area contributed by atoms with E-state index in [1.807, 2.05) is 7.05 Å². The largest absolute Gasteiger partial charge is 0.383 e. The van der Waals surface area contributed by atoms with Crippen molar-refractivity contribution in [3.05, 3.63) is 12.4 Å². The van der Waals surface area contributed by atoms with Crippen LogP contribution in [0.5, 0.6) is 0 Å². The lowest BCUT2D eigenvalue weighted by Crippen LogP contribution is -2.46. The van der Waals surface area contributed by atoms with Gasteiger partial charge >= 0.3 is 0 Å². The van der Waals surface area contributed by atoms with E-state index in [-0.39, 0.29) is 4.90 Å². The summed E-state index contributed by atoms with van der Waals surface area (Å²) in [5.41, 5.74) is -0.665. The zero-order valence-electron chi connectivity index (χ0n) is 12.5. The van der Waals surface area contributed by atoms with Gasteiger partial charge in [-0.25, -0.2) is 13.1 Å². The van der Waals surface area contributed by atoms with E-state index in [1.54, 1.807) is 24.7 Å². The molecule has 0 saturated heterocycles. The molecule has 0 aliphatic carbocycles. The lowest BCUT2D eigenvalue weighted by atomic mass is 10.1. The van der Waals surface area contributed by atoms with Gasteiger partial charge in [0.15, 0.2) is 0 Å². The van der Waals surface area contributed by atoms with E-state index in [4.69, 9.17) is 4.74 Å². The lowest BCUT2D eigenvalue weighted by molar-refractivity contribution is 0.141. The van der Waals surface area contributed by atoms with Gasteiger partial charge in [-0.3, -0.25) is 4.68 Å². The predicted molar refractivity (Wildman–Crippen MR) is 77.0 cm³/mol. The number of nitrogens with one attached hydrogen (secondary N) is 2.